The summed E-state index contributed by atoms with van der Waals surface area (Å²) < 4.78 is 0. The van der Waals surface area contributed by atoms with Gasteiger partial charge in [0.2, 0.25) is 5.91 Å². The van der Waals surface area contributed by atoms with Crippen LogP contribution in [0.4, 0.5) is 11.4 Å². The molecule has 1 heterocycles. The second-order valence-corrected chi connectivity index (χ2v) is 5.43. The molecule has 5 heteroatoms. The lowest BCUT2D eigenvalue weighted by Crippen LogP contribution is -2.39. The van der Waals surface area contributed by atoms with Crippen molar-refractivity contribution in [2.75, 3.05) is 16.8 Å². The third-order valence-corrected chi connectivity index (χ3v) is 3.87. The molecule has 2 aromatic rings. The summed E-state index contributed by atoms with van der Waals surface area (Å²) >= 11 is 12.2. The third kappa shape index (κ3) is 2.47. The number of para-hydroxylation sites is 2. The molecule has 0 aliphatic carbocycles. The van der Waals surface area contributed by atoms with E-state index in [9.17, 15) is 4.79 Å². The lowest BCUT2D eigenvalue weighted by Gasteiger charge is -2.30. The first-order valence-corrected chi connectivity index (χ1v) is 6.98. The van der Waals surface area contributed by atoms with Crippen molar-refractivity contribution in [3.8, 4) is 0 Å². The van der Waals surface area contributed by atoms with Crippen molar-refractivity contribution in [1.82, 2.24) is 0 Å². The molecule has 0 aromatic heterocycles. The van der Waals surface area contributed by atoms with Crippen LogP contribution in [-0.2, 0) is 11.3 Å². The number of anilines is 2. The maximum Gasteiger partial charge on any atom is 0.246 e. The van der Waals surface area contributed by atoms with Gasteiger partial charge in [-0.2, -0.15) is 0 Å². The summed E-state index contributed by atoms with van der Waals surface area (Å²) in [5.74, 6) is 0.0137. The first kappa shape index (κ1) is 13.3. The Hall–Kier alpha value is -1.71. The molecule has 3 rings (SSSR count). The predicted octanol–water partition coefficient (Wildman–Crippen LogP) is 3.95. The summed E-state index contributed by atoms with van der Waals surface area (Å²) in [5, 5.41) is 4.32. The smallest absolute Gasteiger partial charge is 0.246 e. The SMILES string of the molecule is O=C1CNc2ccccc2N1Cc1cc(Cl)ccc1Cl. The normalized spacial score (nSPS) is 13.9. The first-order valence-electron chi connectivity index (χ1n) is 6.22. The average Bonchev–Trinajstić information content (AvgIpc) is 2.46. The second kappa shape index (κ2) is 5.35. The quantitative estimate of drug-likeness (QED) is 0.911. The van der Waals surface area contributed by atoms with Gasteiger partial charge in [-0.15, -0.1) is 0 Å². The van der Waals surface area contributed by atoms with Gasteiger partial charge in [0.05, 0.1) is 24.5 Å². The van der Waals surface area contributed by atoms with Gasteiger partial charge in [-0.25, -0.2) is 0 Å². The van der Waals surface area contributed by atoms with E-state index in [-0.39, 0.29) is 12.5 Å². The molecule has 1 amide bonds. The number of fused-ring (bicyclic) bond motifs is 1. The maximum atomic E-state index is 12.1. The highest BCUT2D eigenvalue weighted by Gasteiger charge is 2.24. The maximum absolute atomic E-state index is 12.1. The molecular formula is C15H12Cl2N2O. The van der Waals surface area contributed by atoms with E-state index in [1.807, 2.05) is 24.3 Å². The van der Waals surface area contributed by atoms with E-state index in [0.717, 1.165) is 16.9 Å². The van der Waals surface area contributed by atoms with E-state index in [1.54, 1.807) is 23.1 Å². The fourth-order valence-electron chi connectivity index (χ4n) is 2.27. The van der Waals surface area contributed by atoms with Crippen LogP contribution in [0.1, 0.15) is 5.56 Å². The van der Waals surface area contributed by atoms with Gasteiger partial charge >= 0.3 is 0 Å². The summed E-state index contributed by atoms with van der Waals surface area (Å²) in [7, 11) is 0. The van der Waals surface area contributed by atoms with E-state index < -0.39 is 0 Å². The van der Waals surface area contributed by atoms with E-state index in [4.69, 9.17) is 23.2 Å². The Bertz CT molecular complexity index is 673. The van der Waals surface area contributed by atoms with Gasteiger partial charge in [-0.05, 0) is 35.9 Å². The Kier molecular flexibility index (Phi) is 3.55. The Morgan fingerprint density at radius 2 is 1.95 bits per heavy atom. The molecule has 3 nitrogen and oxygen atoms in total. The van der Waals surface area contributed by atoms with Gasteiger partial charge < -0.3 is 10.2 Å². The van der Waals surface area contributed by atoms with Crippen LogP contribution in [0.2, 0.25) is 10.0 Å². The van der Waals surface area contributed by atoms with E-state index in [1.165, 1.54) is 0 Å². The molecule has 2 aromatic carbocycles. The number of carbonyl (C=O) groups excluding carboxylic acids is 1. The van der Waals surface area contributed by atoms with E-state index in [0.29, 0.717) is 16.6 Å². The Balaban J connectivity index is 1.97. The Labute approximate surface area is 127 Å². The lowest BCUT2D eigenvalue weighted by atomic mass is 10.1. The van der Waals surface area contributed by atoms with Crippen LogP contribution in [0.25, 0.3) is 0 Å². The van der Waals surface area contributed by atoms with Crippen LogP contribution in [0.3, 0.4) is 0 Å². The molecule has 1 N–H and O–H groups in total. The molecule has 0 unspecified atom stereocenters. The molecule has 1 aliphatic rings. The molecule has 0 saturated carbocycles. The summed E-state index contributed by atoms with van der Waals surface area (Å²) in [5.41, 5.74) is 2.65. The van der Waals surface area contributed by atoms with Crippen LogP contribution < -0.4 is 10.2 Å². The summed E-state index contributed by atoms with van der Waals surface area (Å²) in [4.78, 5) is 13.9. The third-order valence-electron chi connectivity index (χ3n) is 3.26. The fraction of sp³-hybridized carbons (Fsp3) is 0.133. The number of carbonyl (C=O) groups is 1. The zero-order chi connectivity index (χ0) is 14.1. The summed E-state index contributed by atoms with van der Waals surface area (Å²) in [6.07, 6.45) is 0. The Morgan fingerprint density at radius 3 is 2.80 bits per heavy atom. The highest BCUT2D eigenvalue weighted by atomic mass is 35.5. The molecule has 0 bridgehead atoms. The first-order chi connectivity index (χ1) is 9.65. The number of halogens is 2. The highest BCUT2D eigenvalue weighted by molar-refractivity contribution is 6.33. The molecule has 0 fully saturated rings. The molecule has 1 aliphatic heterocycles. The zero-order valence-electron chi connectivity index (χ0n) is 10.6. The lowest BCUT2D eigenvalue weighted by molar-refractivity contribution is -0.117. The largest absolute Gasteiger partial charge is 0.374 e. The molecule has 0 saturated heterocycles. The molecule has 0 spiro atoms. The molecule has 20 heavy (non-hydrogen) atoms. The van der Waals surface area contributed by atoms with E-state index >= 15 is 0 Å². The second-order valence-electron chi connectivity index (χ2n) is 4.59. The summed E-state index contributed by atoms with van der Waals surface area (Å²) in [6, 6.07) is 13.0. The molecule has 0 atom stereocenters. The number of benzene rings is 2. The van der Waals surface area contributed by atoms with Gasteiger partial charge in [0.25, 0.3) is 0 Å². The topological polar surface area (TPSA) is 32.3 Å². The van der Waals surface area contributed by atoms with Crippen LogP contribution in [0, 0.1) is 0 Å². The number of rotatable bonds is 2. The minimum atomic E-state index is 0.0137. The van der Waals surface area contributed by atoms with Crippen molar-refractivity contribution in [3.63, 3.8) is 0 Å². The van der Waals surface area contributed by atoms with Crippen molar-refractivity contribution >= 4 is 40.5 Å². The highest BCUT2D eigenvalue weighted by Crippen LogP contribution is 2.31. The van der Waals surface area contributed by atoms with Gasteiger partial charge in [-0.1, -0.05) is 35.3 Å². The number of amides is 1. The van der Waals surface area contributed by atoms with Gasteiger partial charge in [0.15, 0.2) is 0 Å². The number of nitrogens with one attached hydrogen (secondary N) is 1. The molecule has 102 valence electrons. The average molecular weight is 307 g/mol. The zero-order valence-corrected chi connectivity index (χ0v) is 12.1. The van der Waals surface area contributed by atoms with E-state index in [2.05, 4.69) is 5.32 Å². The molecule has 0 radical (unpaired) electrons. The van der Waals surface area contributed by atoms with Gasteiger partial charge in [0, 0.05) is 10.0 Å². The van der Waals surface area contributed by atoms with Crippen molar-refractivity contribution < 1.29 is 4.79 Å². The van der Waals surface area contributed by atoms with Crippen LogP contribution >= 0.6 is 23.2 Å². The van der Waals surface area contributed by atoms with Crippen molar-refractivity contribution in [3.05, 3.63) is 58.1 Å². The van der Waals surface area contributed by atoms with Gasteiger partial charge in [-0.3, -0.25) is 4.79 Å². The summed E-state index contributed by atoms with van der Waals surface area (Å²) in [6.45, 7) is 0.701. The van der Waals surface area contributed by atoms with Crippen LogP contribution in [-0.4, -0.2) is 12.5 Å². The standard InChI is InChI=1S/C15H12Cl2N2O/c16-11-5-6-12(17)10(7-11)9-19-14-4-2-1-3-13(14)18-8-15(19)20/h1-7,18H,8-9H2. The predicted molar refractivity (Wildman–Crippen MR) is 82.6 cm³/mol. The fourth-order valence-corrected chi connectivity index (χ4v) is 2.64. The van der Waals surface area contributed by atoms with Crippen LogP contribution in [0.5, 0.6) is 0 Å². The number of hydrogen-bond acceptors (Lipinski definition) is 2. The van der Waals surface area contributed by atoms with Crippen molar-refractivity contribution in [1.29, 1.82) is 0 Å². The minimum Gasteiger partial charge on any atom is -0.374 e. The Morgan fingerprint density at radius 1 is 1.15 bits per heavy atom. The molecular weight excluding hydrogens is 295 g/mol. The van der Waals surface area contributed by atoms with Crippen LogP contribution in [0.15, 0.2) is 42.5 Å². The number of hydrogen-bond donors (Lipinski definition) is 1. The minimum absolute atomic E-state index is 0.0137. The van der Waals surface area contributed by atoms with Crippen molar-refractivity contribution in [2.45, 2.75) is 6.54 Å². The number of nitrogens with zero attached hydrogens (tertiary/aromatic N) is 1. The van der Waals surface area contributed by atoms with Gasteiger partial charge in [0.1, 0.15) is 0 Å². The monoisotopic (exact) mass is 306 g/mol. The van der Waals surface area contributed by atoms with Crippen molar-refractivity contribution in [2.24, 2.45) is 0 Å².